The lowest BCUT2D eigenvalue weighted by molar-refractivity contribution is -0.138. The van der Waals surface area contributed by atoms with Gasteiger partial charge in [-0.25, -0.2) is 0 Å². The number of benzene rings is 1. The van der Waals surface area contributed by atoms with Gasteiger partial charge in [0.25, 0.3) is 0 Å². The molecule has 0 radical (unpaired) electrons. The van der Waals surface area contributed by atoms with Crippen LogP contribution in [0, 0.1) is 5.92 Å². The van der Waals surface area contributed by atoms with Crippen LogP contribution in [0.5, 0.6) is 0 Å². The van der Waals surface area contributed by atoms with Crippen molar-refractivity contribution in [3.63, 3.8) is 0 Å². The van der Waals surface area contributed by atoms with Gasteiger partial charge in [-0.2, -0.15) is 13.2 Å². The van der Waals surface area contributed by atoms with Crippen molar-refractivity contribution in [3.8, 4) is 0 Å². The number of halogens is 3. The van der Waals surface area contributed by atoms with Gasteiger partial charge in [0.1, 0.15) is 6.54 Å². The molecule has 0 saturated heterocycles. The van der Waals surface area contributed by atoms with Crippen molar-refractivity contribution in [2.24, 2.45) is 5.92 Å². The molecule has 0 aromatic heterocycles. The van der Waals surface area contributed by atoms with Crippen molar-refractivity contribution < 1.29 is 27.9 Å². The summed E-state index contributed by atoms with van der Waals surface area (Å²) in [5.74, 6) is -2.00. The minimum absolute atomic E-state index is 0.133. The van der Waals surface area contributed by atoms with Gasteiger partial charge in [0, 0.05) is 5.92 Å². The molecule has 0 spiro atoms. The Hall–Kier alpha value is -2.05. The Morgan fingerprint density at radius 2 is 1.85 bits per heavy atom. The first-order valence-corrected chi connectivity index (χ1v) is 5.95. The Morgan fingerprint density at radius 3 is 2.35 bits per heavy atom. The lowest BCUT2D eigenvalue weighted by atomic mass is 10.1. The predicted octanol–water partition coefficient (Wildman–Crippen LogP) is 2.01. The van der Waals surface area contributed by atoms with Gasteiger partial charge in [0.2, 0.25) is 5.91 Å². The van der Waals surface area contributed by atoms with E-state index in [2.05, 4.69) is 5.32 Å². The monoisotopic (exact) mass is 287 g/mol. The molecule has 1 saturated carbocycles. The number of aliphatic carboxylic acids is 1. The van der Waals surface area contributed by atoms with Crippen molar-refractivity contribution in [2.45, 2.75) is 18.5 Å². The minimum Gasteiger partial charge on any atom is -0.480 e. The van der Waals surface area contributed by atoms with Crippen LogP contribution < -0.4 is 5.32 Å². The van der Waals surface area contributed by atoms with Gasteiger partial charge in [0.15, 0.2) is 0 Å². The van der Waals surface area contributed by atoms with Crippen LogP contribution in [0.3, 0.4) is 0 Å². The number of carboxylic acid groups (broad SMARTS) is 1. The normalized spacial score (nSPS) is 21.4. The summed E-state index contributed by atoms with van der Waals surface area (Å²) >= 11 is 0. The molecule has 4 nitrogen and oxygen atoms in total. The maximum absolute atomic E-state index is 12.4. The second kappa shape index (κ2) is 5.15. The second-order valence-electron chi connectivity index (χ2n) is 4.68. The van der Waals surface area contributed by atoms with E-state index in [1.165, 1.54) is 12.1 Å². The molecule has 2 atom stereocenters. The number of carbonyl (C=O) groups excluding carboxylic acids is 1. The number of rotatable bonds is 4. The largest absolute Gasteiger partial charge is 0.480 e. The fourth-order valence-corrected chi connectivity index (χ4v) is 2.07. The lowest BCUT2D eigenvalue weighted by Gasteiger charge is -2.07. The number of nitrogens with one attached hydrogen (secondary N) is 1. The van der Waals surface area contributed by atoms with Crippen LogP contribution in [-0.4, -0.2) is 23.5 Å². The lowest BCUT2D eigenvalue weighted by Crippen LogP contribution is -2.30. The Bertz CT molecular complexity index is 525. The van der Waals surface area contributed by atoms with Crippen molar-refractivity contribution in [1.82, 2.24) is 5.32 Å². The molecule has 7 heteroatoms. The molecule has 0 bridgehead atoms. The number of hydrogen-bond donors (Lipinski definition) is 2. The Balaban J connectivity index is 1.95. The van der Waals surface area contributed by atoms with Crippen LogP contribution >= 0.6 is 0 Å². The zero-order chi connectivity index (χ0) is 14.9. The molecule has 1 aromatic carbocycles. The highest BCUT2D eigenvalue weighted by atomic mass is 19.4. The average Bonchev–Trinajstić information content (AvgIpc) is 3.15. The van der Waals surface area contributed by atoms with Crippen LogP contribution in [0.25, 0.3) is 0 Å². The van der Waals surface area contributed by atoms with E-state index < -0.39 is 24.3 Å². The van der Waals surface area contributed by atoms with Gasteiger partial charge < -0.3 is 10.4 Å². The molecular weight excluding hydrogens is 275 g/mol. The van der Waals surface area contributed by atoms with E-state index in [1.54, 1.807) is 0 Å². The number of amides is 1. The summed E-state index contributed by atoms with van der Waals surface area (Å²) in [7, 11) is 0. The van der Waals surface area contributed by atoms with E-state index in [9.17, 15) is 22.8 Å². The topological polar surface area (TPSA) is 66.4 Å². The number of hydrogen-bond acceptors (Lipinski definition) is 2. The molecule has 0 unspecified atom stereocenters. The summed E-state index contributed by atoms with van der Waals surface area (Å²) in [6.45, 7) is -0.449. The van der Waals surface area contributed by atoms with Crippen LogP contribution in [0.15, 0.2) is 24.3 Å². The van der Waals surface area contributed by atoms with Gasteiger partial charge >= 0.3 is 12.1 Å². The molecular formula is C13H12F3NO3. The highest BCUT2D eigenvalue weighted by molar-refractivity contribution is 5.85. The third-order valence-electron chi connectivity index (χ3n) is 3.21. The fourth-order valence-electron chi connectivity index (χ4n) is 2.07. The summed E-state index contributed by atoms with van der Waals surface area (Å²) in [6, 6.07) is 4.69. The molecule has 1 fully saturated rings. The van der Waals surface area contributed by atoms with E-state index in [0.29, 0.717) is 12.0 Å². The average molecular weight is 287 g/mol. The number of carbonyl (C=O) groups is 2. The van der Waals surface area contributed by atoms with Gasteiger partial charge in [-0.15, -0.1) is 0 Å². The van der Waals surface area contributed by atoms with E-state index in [0.717, 1.165) is 12.1 Å². The Kier molecular flexibility index (Phi) is 3.69. The fraction of sp³-hybridized carbons (Fsp3) is 0.385. The summed E-state index contributed by atoms with van der Waals surface area (Å²) < 4.78 is 37.2. The van der Waals surface area contributed by atoms with Gasteiger partial charge in [-0.1, -0.05) is 12.1 Å². The van der Waals surface area contributed by atoms with E-state index >= 15 is 0 Å². The highest BCUT2D eigenvalue weighted by Crippen LogP contribution is 2.47. The minimum atomic E-state index is -4.37. The first-order valence-electron chi connectivity index (χ1n) is 5.95. The SMILES string of the molecule is O=C(O)CNC(=O)[C@@H]1C[C@@H]1c1ccc(C(F)(F)F)cc1. The molecule has 20 heavy (non-hydrogen) atoms. The quantitative estimate of drug-likeness (QED) is 0.890. The maximum atomic E-state index is 12.4. The molecule has 2 rings (SSSR count). The maximum Gasteiger partial charge on any atom is 0.416 e. The van der Waals surface area contributed by atoms with Crippen molar-refractivity contribution in [3.05, 3.63) is 35.4 Å². The molecule has 0 heterocycles. The van der Waals surface area contributed by atoms with E-state index in [1.807, 2.05) is 0 Å². The molecule has 0 aliphatic heterocycles. The molecule has 1 aliphatic rings. The number of carboxylic acids is 1. The van der Waals surface area contributed by atoms with Gasteiger partial charge in [0.05, 0.1) is 5.56 Å². The highest BCUT2D eigenvalue weighted by Gasteiger charge is 2.44. The van der Waals surface area contributed by atoms with Gasteiger partial charge in [-0.3, -0.25) is 9.59 Å². The first kappa shape index (κ1) is 14.4. The predicted molar refractivity (Wildman–Crippen MR) is 62.9 cm³/mol. The number of alkyl halides is 3. The summed E-state index contributed by atoms with van der Waals surface area (Å²) in [4.78, 5) is 21.9. The smallest absolute Gasteiger partial charge is 0.416 e. The van der Waals surface area contributed by atoms with Gasteiger partial charge in [-0.05, 0) is 30.0 Å². The first-order chi connectivity index (χ1) is 9.29. The van der Waals surface area contributed by atoms with Crippen LogP contribution in [-0.2, 0) is 15.8 Å². The molecule has 1 aliphatic carbocycles. The van der Waals surface area contributed by atoms with E-state index in [-0.39, 0.29) is 17.7 Å². The standard InChI is InChI=1S/C13H12F3NO3/c14-13(15,16)8-3-1-7(2-4-8)9-5-10(9)12(20)17-6-11(18)19/h1-4,9-10H,5-6H2,(H,17,20)(H,18,19)/t9-,10-/m1/s1. The van der Waals surface area contributed by atoms with Crippen LogP contribution in [0.1, 0.15) is 23.5 Å². The van der Waals surface area contributed by atoms with Crippen molar-refractivity contribution in [2.75, 3.05) is 6.54 Å². The summed E-state index contributed by atoms with van der Waals surface area (Å²) in [5.41, 5.74) is -0.0674. The second-order valence-corrected chi connectivity index (χ2v) is 4.68. The Morgan fingerprint density at radius 1 is 1.25 bits per heavy atom. The van der Waals surface area contributed by atoms with Crippen LogP contribution in [0.2, 0.25) is 0 Å². The third kappa shape index (κ3) is 3.28. The molecule has 108 valence electrons. The summed E-state index contributed by atoms with van der Waals surface area (Å²) in [6.07, 6.45) is -3.85. The molecule has 1 amide bonds. The third-order valence-corrected chi connectivity index (χ3v) is 3.21. The van der Waals surface area contributed by atoms with E-state index in [4.69, 9.17) is 5.11 Å². The molecule has 2 N–H and O–H groups in total. The summed E-state index contributed by atoms with van der Waals surface area (Å²) in [5, 5.41) is 10.7. The van der Waals surface area contributed by atoms with Crippen molar-refractivity contribution in [1.29, 1.82) is 0 Å². The Labute approximate surface area is 112 Å². The van der Waals surface area contributed by atoms with Crippen LogP contribution in [0.4, 0.5) is 13.2 Å². The molecule has 1 aromatic rings. The van der Waals surface area contributed by atoms with Crippen molar-refractivity contribution >= 4 is 11.9 Å². The zero-order valence-electron chi connectivity index (χ0n) is 10.3. The zero-order valence-corrected chi connectivity index (χ0v) is 10.3.